The number of hydrogen-bond acceptors (Lipinski definition) is 5. The first-order valence-electron chi connectivity index (χ1n) is 7.32. The maximum absolute atomic E-state index is 13.6. The fourth-order valence-corrected chi connectivity index (χ4v) is 2.38. The van der Waals surface area contributed by atoms with Crippen LogP contribution in [0, 0.1) is 12.7 Å². The average molecular weight is 344 g/mol. The number of benzene rings is 2. The largest absolute Gasteiger partial charge is 0.364 e. The molecule has 7 heteroatoms. The zero-order valence-corrected chi connectivity index (χ0v) is 13.7. The zero-order chi connectivity index (χ0) is 16.9. The molecule has 2 N–H and O–H groups in total. The number of halogens is 2. The van der Waals surface area contributed by atoms with Crippen molar-refractivity contribution in [3.63, 3.8) is 0 Å². The van der Waals surface area contributed by atoms with Gasteiger partial charge in [-0.05, 0) is 36.8 Å². The van der Waals surface area contributed by atoms with Crippen LogP contribution in [-0.2, 0) is 6.54 Å². The van der Waals surface area contributed by atoms with Crippen molar-refractivity contribution in [2.45, 2.75) is 13.5 Å². The lowest BCUT2D eigenvalue weighted by Crippen LogP contribution is -2.07. The molecule has 0 aliphatic heterocycles. The standard InChI is InChI=1S/C17H15ClFN5/c1-11-8-13(18)6-7-15(11)22-17-23-16(10-21-24-17)20-9-12-4-2-3-5-14(12)19/h2-8,10H,9H2,1H3,(H2,20,22,23,24). The first-order valence-corrected chi connectivity index (χ1v) is 7.70. The van der Waals surface area contributed by atoms with Crippen molar-refractivity contribution in [1.82, 2.24) is 15.2 Å². The van der Waals surface area contributed by atoms with E-state index < -0.39 is 0 Å². The summed E-state index contributed by atoms with van der Waals surface area (Å²) in [7, 11) is 0. The average Bonchev–Trinajstić information content (AvgIpc) is 2.57. The van der Waals surface area contributed by atoms with E-state index in [0.717, 1.165) is 11.3 Å². The summed E-state index contributed by atoms with van der Waals surface area (Å²) < 4.78 is 13.6. The topological polar surface area (TPSA) is 62.7 Å². The van der Waals surface area contributed by atoms with Crippen molar-refractivity contribution in [3.05, 3.63) is 70.6 Å². The van der Waals surface area contributed by atoms with Crippen molar-refractivity contribution in [2.24, 2.45) is 0 Å². The summed E-state index contributed by atoms with van der Waals surface area (Å²) in [6.45, 7) is 2.24. The van der Waals surface area contributed by atoms with Gasteiger partial charge in [0.05, 0.1) is 6.20 Å². The number of hydrogen-bond donors (Lipinski definition) is 2. The van der Waals surface area contributed by atoms with Gasteiger partial charge in [0.1, 0.15) is 5.82 Å². The highest BCUT2D eigenvalue weighted by Crippen LogP contribution is 2.22. The van der Waals surface area contributed by atoms with E-state index in [-0.39, 0.29) is 5.82 Å². The SMILES string of the molecule is Cc1cc(Cl)ccc1Nc1nncc(NCc2ccccc2F)n1. The van der Waals surface area contributed by atoms with Crippen LogP contribution < -0.4 is 10.6 Å². The highest BCUT2D eigenvalue weighted by Gasteiger charge is 2.05. The van der Waals surface area contributed by atoms with E-state index in [1.165, 1.54) is 12.3 Å². The first kappa shape index (κ1) is 16.1. The number of rotatable bonds is 5. The predicted octanol–water partition coefficient (Wildman–Crippen LogP) is 4.33. The Morgan fingerprint density at radius 2 is 2.00 bits per heavy atom. The van der Waals surface area contributed by atoms with E-state index in [4.69, 9.17) is 11.6 Å². The molecule has 5 nitrogen and oxygen atoms in total. The molecule has 3 aromatic rings. The minimum Gasteiger partial charge on any atom is -0.364 e. The Morgan fingerprint density at radius 3 is 2.79 bits per heavy atom. The number of nitrogens with zero attached hydrogens (tertiary/aromatic N) is 3. The molecule has 0 fully saturated rings. The summed E-state index contributed by atoms with van der Waals surface area (Å²) in [5.74, 6) is 0.587. The lowest BCUT2D eigenvalue weighted by atomic mass is 10.2. The molecule has 0 saturated heterocycles. The van der Waals surface area contributed by atoms with E-state index >= 15 is 0 Å². The predicted molar refractivity (Wildman–Crippen MR) is 93.0 cm³/mol. The molecule has 0 saturated carbocycles. The van der Waals surface area contributed by atoms with Crippen LogP contribution in [0.5, 0.6) is 0 Å². The number of anilines is 3. The van der Waals surface area contributed by atoms with Gasteiger partial charge in [0.25, 0.3) is 0 Å². The minimum atomic E-state index is -0.262. The van der Waals surface area contributed by atoms with Gasteiger partial charge in [-0.15, -0.1) is 5.10 Å². The highest BCUT2D eigenvalue weighted by molar-refractivity contribution is 6.30. The lowest BCUT2D eigenvalue weighted by Gasteiger charge is -2.10. The van der Waals surface area contributed by atoms with Crippen molar-refractivity contribution < 1.29 is 4.39 Å². The Morgan fingerprint density at radius 1 is 1.17 bits per heavy atom. The number of aromatic nitrogens is 3. The smallest absolute Gasteiger partial charge is 0.249 e. The second-order valence-electron chi connectivity index (χ2n) is 5.19. The normalized spacial score (nSPS) is 10.5. The molecule has 122 valence electrons. The van der Waals surface area contributed by atoms with Gasteiger partial charge in [-0.2, -0.15) is 10.1 Å². The van der Waals surface area contributed by atoms with Crippen molar-refractivity contribution in [3.8, 4) is 0 Å². The van der Waals surface area contributed by atoms with Gasteiger partial charge in [0, 0.05) is 22.8 Å². The molecule has 0 bridgehead atoms. The molecule has 0 aliphatic carbocycles. The Labute approximate surface area is 143 Å². The van der Waals surface area contributed by atoms with Gasteiger partial charge < -0.3 is 10.6 Å². The third kappa shape index (κ3) is 3.97. The summed E-state index contributed by atoms with van der Waals surface area (Å²) in [5.41, 5.74) is 2.36. The van der Waals surface area contributed by atoms with Gasteiger partial charge in [0.15, 0.2) is 5.82 Å². The fraction of sp³-hybridized carbons (Fsp3) is 0.118. The van der Waals surface area contributed by atoms with Crippen LogP contribution in [0.4, 0.5) is 21.8 Å². The monoisotopic (exact) mass is 343 g/mol. The number of nitrogens with one attached hydrogen (secondary N) is 2. The van der Waals surface area contributed by atoms with Crippen LogP contribution in [0.15, 0.2) is 48.7 Å². The first-order chi connectivity index (χ1) is 11.6. The highest BCUT2D eigenvalue weighted by atomic mass is 35.5. The van der Waals surface area contributed by atoms with E-state index in [1.54, 1.807) is 24.3 Å². The van der Waals surface area contributed by atoms with Crippen LogP contribution in [0.3, 0.4) is 0 Å². The second kappa shape index (κ2) is 7.23. The molecule has 0 unspecified atom stereocenters. The molecule has 1 heterocycles. The molecule has 1 aromatic heterocycles. The molecule has 0 radical (unpaired) electrons. The van der Waals surface area contributed by atoms with Crippen molar-refractivity contribution in [2.75, 3.05) is 10.6 Å². The Balaban J connectivity index is 1.71. The van der Waals surface area contributed by atoms with Crippen LogP contribution in [0.2, 0.25) is 5.02 Å². The third-order valence-corrected chi connectivity index (χ3v) is 3.65. The summed E-state index contributed by atoms with van der Waals surface area (Å²) in [5, 5.41) is 14.7. The van der Waals surface area contributed by atoms with E-state index in [0.29, 0.717) is 28.9 Å². The van der Waals surface area contributed by atoms with Crippen LogP contribution in [0.25, 0.3) is 0 Å². The van der Waals surface area contributed by atoms with E-state index in [9.17, 15) is 4.39 Å². The molecule has 3 rings (SSSR count). The Kier molecular flexibility index (Phi) is 4.86. The summed E-state index contributed by atoms with van der Waals surface area (Å²) in [6.07, 6.45) is 1.49. The third-order valence-electron chi connectivity index (χ3n) is 3.41. The Bertz CT molecular complexity index is 856. The van der Waals surface area contributed by atoms with Crippen LogP contribution in [-0.4, -0.2) is 15.2 Å². The zero-order valence-electron chi connectivity index (χ0n) is 12.9. The maximum Gasteiger partial charge on any atom is 0.249 e. The van der Waals surface area contributed by atoms with Gasteiger partial charge >= 0.3 is 0 Å². The van der Waals surface area contributed by atoms with Gasteiger partial charge in [-0.3, -0.25) is 0 Å². The van der Waals surface area contributed by atoms with Crippen LogP contribution in [0.1, 0.15) is 11.1 Å². The van der Waals surface area contributed by atoms with Gasteiger partial charge in [0.2, 0.25) is 5.95 Å². The summed E-state index contributed by atoms with van der Waals surface area (Å²) in [6, 6.07) is 12.1. The molecule has 0 spiro atoms. The molecule has 0 amide bonds. The Hall–Kier alpha value is -2.73. The fourth-order valence-electron chi connectivity index (χ4n) is 2.16. The van der Waals surface area contributed by atoms with Gasteiger partial charge in [-0.1, -0.05) is 29.8 Å². The molecular weight excluding hydrogens is 329 g/mol. The lowest BCUT2D eigenvalue weighted by molar-refractivity contribution is 0.613. The molecular formula is C17H15ClFN5. The molecule has 2 aromatic carbocycles. The van der Waals surface area contributed by atoms with E-state index in [2.05, 4.69) is 25.8 Å². The van der Waals surface area contributed by atoms with Crippen LogP contribution >= 0.6 is 11.6 Å². The maximum atomic E-state index is 13.6. The summed E-state index contributed by atoms with van der Waals surface area (Å²) in [4.78, 5) is 4.33. The van der Waals surface area contributed by atoms with Crippen molar-refractivity contribution in [1.29, 1.82) is 0 Å². The number of aryl methyl sites for hydroxylation is 1. The van der Waals surface area contributed by atoms with Crippen molar-refractivity contribution >= 4 is 29.1 Å². The quantitative estimate of drug-likeness (QED) is 0.722. The second-order valence-corrected chi connectivity index (χ2v) is 5.63. The molecule has 0 atom stereocenters. The minimum absolute atomic E-state index is 0.262. The van der Waals surface area contributed by atoms with E-state index in [1.807, 2.05) is 19.1 Å². The molecule has 0 aliphatic rings. The van der Waals surface area contributed by atoms with Gasteiger partial charge in [-0.25, -0.2) is 4.39 Å². The molecule has 24 heavy (non-hydrogen) atoms. The summed E-state index contributed by atoms with van der Waals surface area (Å²) >= 11 is 5.95.